The molecule has 0 fully saturated rings. The Hall–Kier alpha value is -2.44. The molecule has 3 rings (SSSR count). The zero-order chi connectivity index (χ0) is 20.3. The SMILES string of the molecule is Cc1ccc(C)c(S(=O)(=O)[C@H](CNC(=O)c2ccccc2C)c2cccs2)c1. The van der Waals surface area contributed by atoms with Gasteiger partial charge < -0.3 is 5.32 Å². The third-order valence-corrected chi connectivity index (χ3v) is 8.08. The van der Waals surface area contributed by atoms with Crippen LogP contribution in [0.1, 0.15) is 37.2 Å². The van der Waals surface area contributed by atoms with Crippen molar-refractivity contribution >= 4 is 27.1 Å². The van der Waals surface area contributed by atoms with E-state index in [0.29, 0.717) is 20.9 Å². The van der Waals surface area contributed by atoms with Crippen molar-refractivity contribution in [2.45, 2.75) is 30.9 Å². The summed E-state index contributed by atoms with van der Waals surface area (Å²) in [5.74, 6) is -0.268. The van der Waals surface area contributed by atoms with Gasteiger partial charge in [-0.3, -0.25) is 4.79 Å². The Labute approximate surface area is 170 Å². The molecule has 1 N–H and O–H groups in total. The summed E-state index contributed by atoms with van der Waals surface area (Å²) in [5, 5.41) is 3.85. The van der Waals surface area contributed by atoms with Crippen LogP contribution < -0.4 is 5.32 Å². The summed E-state index contributed by atoms with van der Waals surface area (Å²) < 4.78 is 27.0. The zero-order valence-electron chi connectivity index (χ0n) is 16.1. The molecule has 1 aromatic heterocycles. The molecular weight excluding hydrogens is 390 g/mol. The summed E-state index contributed by atoms with van der Waals surface area (Å²) in [6.07, 6.45) is 0. The Balaban J connectivity index is 1.93. The van der Waals surface area contributed by atoms with Gasteiger partial charge in [0.15, 0.2) is 9.84 Å². The lowest BCUT2D eigenvalue weighted by molar-refractivity contribution is 0.0953. The van der Waals surface area contributed by atoms with Crippen LogP contribution in [0.2, 0.25) is 0 Å². The van der Waals surface area contributed by atoms with Crippen molar-refractivity contribution in [1.82, 2.24) is 5.32 Å². The highest BCUT2D eigenvalue weighted by Gasteiger charge is 2.31. The lowest BCUT2D eigenvalue weighted by atomic mass is 10.1. The van der Waals surface area contributed by atoms with E-state index >= 15 is 0 Å². The van der Waals surface area contributed by atoms with Crippen LogP contribution in [-0.4, -0.2) is 20.9 Å². The zero-order valence-corrected chi connectivity index (χ0v) is 17.7. The first-order chi connectivity index (χ1) is 13.3. The molecule has 3 aromatic rings. The minimum atomic E-state index is -3.67. The Morgan fingerprint density at radius 1 is 1.00 bits per heavy atom. The summed E-state index contributed by atoms with van der Waals surface area (Å²) in [4.78, 5) is 13.7. The van der Waals surface area contributed by atoms with E-state index in [0.717, 1.165) is 11.1 Å². The van der Waals surface area contributed by atoms with Gasteiger partial charge in [0.25, 0.3) is 5.91 Å². The molecule has 0 unspecified atom stereocenters. The van der Waals surface area contributed by atoms with Crippen LogP contribution in [0.15, 0.2) is 64.9 Å². The van der Waals surface area contributed by atoms with Crippen LogP contribution in [-0.2, 0) is 9.84 Å². The van der Waals surface area contributed by atoms with Gasteiger partial charge >= 0.3 is 0 Å². The molecular formula is C22H23NO3S2. The number of aryl methyl sites for hydroxylation is 3. The van der Waals surface area contributed by atoms with Crippen molar-refractivity contribution in [3.05, 3.63) is 87.1 Å². The number of benzene rings is 2. The molecule has 0 aliphatic heterocycles. The summed E-state index contributed by atoms with van der Waals surface area (Å²) in [6, 6.07) is 16.3. The number of hydrogen-bond donors (Lipinski definition) is 1. The second-order valence-corrected chi connectivity index (χ2v) is 9.92. The minimum absolute atomic E-state index is 0.0173. The molecule has 1 amide bonds. The molecule has 2 aromatic carbocycles. The quantitative estimate of drug-likeness (QED) is 0.641. The molecule has 0 aliphatic carbocycles. The Bertz CT molecular complexity index is 1090. The van der Waals surface area contributed by atoms with Gasteiger partial charge in [0.1, 0.15) is 5.25 Å². The maximum Gasteiger partial charge on any atom is 0.251 e. The molecule has 1 heterocycles. The predicted molar refractivity (Wildman–Crippen MR) is 114 cm³/mol. The Morgan fingerprint density at radius 2 is 1.75 bits per heavy atom. The first-order valence-corrected chi connectivity index (χ1v) is 11.4. The minimum Gasteiger partial charge on any atom is -0.350 e. The molecule has 6 heteroatoms. The van der Waals surface area contributed by atoms with Gasteiger partial charge in [-0.15, -0.1) is 11.3 Å². The molecule has 0 aliphatic rings. The number of sulfone groups is 1. The summed E-state index contributed by atoms with van der Waals surface area (Å²) in [7, 11) is -3.67. The molecule has 0 spiro atoms. The number of nitrogens with one attached hydrogen (secondary N) is 1. The molecule has 146 valence electrons. The summed E-state index contributed by atoms with van der Waals surface area (Å²) in [5.41, 5.74) is 3.00. The maximum absolute atomic E-state index is 13.5. The monoisotopic (exact) mass is 413 g/mol. The van der Waals surface area contributed by atoms with Crippen molar-refractivity contribution in [2.24, 2.45) is 0 Å². The fourth-order valence-corrected chi connectivity index (χ4v) is 6.23. The van der Waals surface area contributed by atoms with Crippen molar-refractivity contribution in [3.63, 3.8) is 0 Å². The van der Waals surface area contributed by atoms with Crippen LogP contribution in [0, 0.1) is 20.8 Å². The molecule has 4 nitrogen and oxygen atoms in total. The van der Waals surface area contributed by atoms with E-state index in [4.69, 9.17) is 0 Å². The fourth-order valence-electron chi connectivity index (χ4n) is 3.11. The number of carbonyl (C=O) groups is 1. The van der Waals surface area contributed by atoms with E-state index in [1.807, 2.05) is 49.6 Å². The fraction of sp³-hybridized carbons (Fsp3) is 0.227. The lowest BCUT2D eigenvalue weighted by Crippen LogP contribution is -2.32. The van der Waals surface area contributed by atoms with E-state index in [9.17, 15) is 13.2 Å². The van der Waals surface area contributed by atoms with Crippen molar-refractivity contribution in [2.75, 3.05) is 6.54 Å². The highest BCUT2D eigenvalue weighted by Crippen LogP contribution is 2.33. The van der Waals surface area contributed by atoms with Crippen LogP contribution in [0.25, 0.3) is 0 Å². The number of thiophene rings is 1. The predicted octanol–water partition coefficient (Wildman–Crippen LogP) is 4.62. The van der Waals surface area contributed by atoms with Crippen LogP contribution >= 0.6 is 11.3 Å². The highest BCUT2D eigenvalue weighted by atomic mass is 32.2. The lowest BCUT2D eigenvalue weighted by Gasteiger charge is -2.19. The topological polar surface area (TPSA) is 63.2 Å². The largest absolute Gasteiger partial charge is 0.350 e. The molecule has 0 saturated carbocycles. The highest BCUT2D eigenvalue weighted by molar-refractivity contribution is 7.92. The molecule has 0 radical (unpaired) electrons. The Morgan fingerprint density at radius 3 is 2.43 bits per heavy atom. The van der Waals surface area contributed by atoms with E-state index < -0.39 is 15.1 Å². The van der Waals surface area contributed by atoms with Crippen molar-refractivity contribution in [1.29, 1.82) is 0 Å². The number of hydrogen-bond acceptors (Lipinski definition) is 4. The van der Waals surface area contributed by atoms with Crippen molar-refractivity contribution in [3.8, 4) is 0 Å². The van der Waals surface area contributed by atoms with Gasteiger partial charge in [-0.1, -0.05) is 36.4 Å². The second kappa shape index (κ2) is 8.29. The van der Waals surface area contributed by atoms with Gasteiger partial charge in [0.05, 0.1) is 4.90 Å². The average Bonchev–Trinajstić information content (AvgIpc) is 3.18. The van der Waals surface area contributed by atoms with Gasteiger partial charge in [-0.05, 0) is 61.0 Å². The van der Waals surface area contributed by atoms with Crippen LogP contribution in [0.5, 0.6) is 0 Å². The maximum atomic E-state index is 13.5. The van der Waals surface area contributed by atoms with E-state index in [1.165, 1.54) is 11.3 Å². The first kappa shape index (κ1) is 20.3. The van der Waals surface area contributed by atoms with E-state index in [1.54, 1.807) is 31.2 Å². The first-order valence-electron chi connectivity index (χ1n) is 8.99. The average molecular weight is 414 g/mol. The molecule has 28 heavy (non-hydrogen) atoms. The third-order valence-electron chi connectivity index (χ3n) is 4.72. The van der Waals surface area contributed by atoms with Gasteiger partial charge in [0, 0.05) is 17.0 Å². The molecule has 0 saturated heterocycles. The van der Waals surface area contributed by atoms with Gasteiger partial charge in [-0.2, -0.15) is 0 Å². The number of amides is 1. The standard InChI is InChI=1S/C22H23NO3S2/c1-15-10-11-17(3)20(13-15)28(25,26)21(19-9-6-12-27-19)14-23-22(24)18-8-5-4-7-16(18)2/h4-13,21H,14H2,1-3H3,(H,23,24)/t21-/m1/s1. The Kier molecular flexibility index (Phi) is 6.01. The normalized spacial score (nSPS) is 12.5. The molecule has 1 atom stereocenters. The van der Waals surface area contributed by atoms with E-state index in [2.05, 4.69) is 5.32 Å². The van der Waals surface area contributed by atoms with E-state index in [-0.39, 0.29) is 12.5 Å². The van der Waals surface area contributed by atoms with Gasteiger partial charge in [-0.25, -0.2) is 8.42 Å². The smallest absolute Gasteiger partial charge is 0.251 e. The van der Waals surface area contributed by atoms with Crippen LogP contribution in [0.4, 0.5) is 0 Å². The molecule has 0 bridgehead atoms. The third kappa shape index (κ3) is 4.18. The summed E-state index contributed by atoms with van der Waals surface area (Å²) >= 11 is 1.38. The van der Waals surface area contributed by atoms with Crippen LogP contribution in [0.3, 0.4) is 0 Å². The van der Waals surface area contributed by atoms with Gasteiger partial charge in [0.2, 0.25) is 0 Å². The number of carbonyl (C=O) groups excluding carboxylic acids is 1. The second-order valence-electron chi connectivity index (χ2n) is 6.84. The summed E-state index contributed by atoms with van der Waals surface area (Å²) in [6.45, 7) is 5.55. The number of rotatable bonds is 6. The van der Waals surface area contributed by atoms with Crippen molar-refractivity contribution < 1.29 is 13.2 Å².